The van der Waals surface area contributed by atoms with Gasteiger partial charge in [-0.3, -0.25) is 14.4 Å². The second kappa shape index (κ2) is 6.04. The van der Waals surface area contributed by atoms with Gasteiger partial charge in [-0.05, 0) is 25.7 Å². The van der Waals surface area contributed by atoms with Crippen molar-refractivity contribution in [1.82, 2.24) is 10.2 Å². The number of amides is 2. The zero-order valence-electron chi connectivity index (χ0n) is 11.2. The van der Waals surface area contributed by atoms with E-state index in [1.165, 1.54) is 7.11 Å². The van der Waals surface area contributed by atoms with Crippen molar-refractivity contribution in [2.75, 3.05) is 26.7 Å². The standard InChI is InChI=1S/C13H20N2O4/c1-19-11(16)7-14-12(17)10-3-2-6-15(8-10)13(18)9-4-5-9/h9-10H,2-8H2,1H3,(H,14,17). The number of hydrogen-bond donors (Lipinski definition) is 1. The Bertz CT molecular complexity index is 379. The van der Waals surface area contributed by atoms with Gasteiger partial charge in [0.15, 0.2) is 0 Å². The van der Waals surface area contributed by atoms with Gasteiger partial charge in [-0.1, -0.05) is 0 Å². The number of esters is 1. The third-order valence-corrected chi connectivity index (χ3v) is 3.67. The number of carbonyl (C=O) groups is 3. The van der Waals surface area contributed by atoms with Gasteiger partial charge in [-0.2, -0.15) is 0 Å². The van der Waals surface area contributed by atoms with Crippen molar-refractivity contribution in [3.05, 3.63) is 0 Å². The highest BCUT2D eigenvalue weighted by Gasteiger charge is 2.36. The molecule has 1 unspecified atom stereocenters. The largest absolute Gasteiger partial charge is 0.468 e. The van der Waals surface area contributed by atoms with Gasteiger partial charge in [-0.25, -0.2) is 0 Å². The van der Waals surface area contributed by atoms with Crippen LogP contribution < -0.4 is 5.32 Å². The lowest BCUT2D eigenvalue weighted by molar-refractivity contribution is -0.143. The van der Waals surface area contributed by atoms with Gasteiger partial charge in [0.05, 0.1) is 13.0 Å². The van der Waals surface area contributed by atoms with Crippen LogP contribution >= 0.6 is 0 Å². The molecule has 1 aliphatic heterocycles. The SMILES string of the molecule is COC(=O)CNC(=O)C1CCCN(C(=O)C2CC2)C1. The fraction of sp³-hybridized carbons (Fsp3) is 0.769. The predicted molar refractivity (Wildman–Crippen MR) is 67.1 cm³/mol. The third-order valence-electron chi connectivity index (χ3n) is 3.67. The fourth-order valence-corrected chi connectivity index (χ4v) is 2.36. The molecule has 106 valence electrons. The summed E-state index contributed by atoms with van der Waals surface area (Å²) in [6.07, 6.45) is 3.57. The molecular weight excluding hydrogens is 248 g/mol. The van der Waals surface area contributed by atoms with Crippen LogP contribution in [0.2, 0.25) is 0 Å². The number of nitrogens with zero attached hydrogens (tertiary/aromatic N) is 1. The summed E-state index contributed by atoms with van der Waals surface area (Å²) in [5.74, 6) is -0.461. The minimum Gasteiger partial charge on any atom is -0.468 e. The Labute approximate surface area is 112 Å². The maximum atomic E-state index is 12.0. The van der Waals surface area contributed by atoms with E-state index in [0.29, 0.717) is 6.54 Å². The maximum absolute atomic E-state index is 12.0. The monoisotopic (exact) mass is 268 g/mol. The Balaban J connectivity index is 1.80. The lowest BCUT2D eigenvalue weighted by atomic mass is 9.96. The van der Waals surface area contributed by atoms with Crippen molar-refractivity contribution < 1.29 is 19.1 Å². The summed E-state index contributed by atoms with van der Waals surface area (Å²) in [5, 5.41) is 2.56. The van der Waals surface area contributed by atoms with Crippen LogP contribution in [0.5, 0.6) is 0 Å². The number of piperidine rings is 1. The molecule has 1 N–H and O–H groups in total. The molecule has 1 aliphatic carbocycles. The van der Waals surface area contributed by atoms with Gasteiger partial charge in [0.1, 0.15) is 6.54 Å². The van der Waals surface area contributed by atoms with Gasteiger partial charge < -0.3 is 15.0 Å². The van der Waals surface area contributed by atoms with Crippen molar-refractivity contribution in [2.45, 2.75) is 25.7 Å². The zero-order chi connectivity index (χ0) is 13.8. The molecule has 19 heavy (non-hydrogen) atoms. The molecule has 6 nitrogen and oxygen atoms in total. The maximum Gasteiger partial charge on any atom is 0.325 e. The van der Waals surface area contributed by atoms with Gasteiger partial charge in [0, 0.05) is 19.0 Å². The van der Waals surface area contributed by atoms with Crippen molar-refractivity contribution in [3.8, 4) is 0 Å². The van der Waals surface area contributed by atoms with Crippen LogP contribution in [0.25, 0.3) is 0 Å². The first-order valence-electron chi connectivity index (χ1n) is 6.75. The summed E-state index contributed by atoms with van der Waals surface area (Å²) < 4.78 is 4.47. The number of methoxy groups -OCH3 is 1. The quantitative estimate of drug-likeness (QED) is 0.724. The van der Waals surface area contributed by atoms with Crippen LogP contribution in [0.1, 0.15) is 25.7 Å². The Morgan fingerprint density at radius 1 is 1.21 bits per heavy atom. The molecular formula is C13H20N2O4. The van der Waals surface area contributed by atoms with E-state index in [0.717, 1.165) is 32.2 Å². The molecule has 2 aliphatic rings. The molecule has 0 bridgehead atoms. The predicted octanol–water partition coefficient (Wildman–Crippen LogP) is -0.0758. The van der Waals surface area contributed by atoms with Gasteiger partial charge in [0.2, 0.25) is 11.8 Å². The molecule has 0 aromatic heterocycles. The number of rotatable bonds is 4. The van der Waals surface area contributed by atoms with Gasteiger partial charge in [-0.15, -0.1) is 0 Å². The number of hydrogen-bond acceptors (Lipinski definition) is 4. The summed E-state index contributed by atoms with van der Waals surface area (Å²) in [7, 11) is 1.28. The normalized spacial score (nSPS) is 22.8. The van der Waals surface area contributed by atoms with E-state index in [1.807, 2.05) is 0 Å². The number of carbonyl (C=O) groups excluding carboxylic acids is 3. The van der Waals surface area contributed by atoms with Crippen LogP contribution in [-0.2, 0) is 19.1 Å². The summed E-state index contributed by atoms with van der Waals surface area (Å²) >= 11 is 0. The topological polar surface area (TPSA) is 75.7 Å². The molecule has 1 heterocycles. The molecule has 0 aromatic rings. The zero-order valence-corrected chi connectivity index (χ0v) is 11.2. The Morgan fingerprint density at radius 3 is 2.58 bits per heavy atom. The Kier molecular flexibility index (Phi) is 4.39. The summed E-state index contributed by atoms with van der Waals surface area (Å²) in [4.78, 5) is 36.6. The van der Waals surface area contributed by atoms with Crippen LogP contribution in [0.3, 0.4) is 0 Å². The summed E-state index contributed by atoms with van der Waals surface area (Å²) in [5.41, 5.74) is 0. The van der Waals surface area contributed by atoms with Crippen molar-refractivity contribution in [2.24, 2.45) is 11.8 Å². The summed E-state index contributed by atoms with van der Waals surface area (Å²) in [6, 6.07) is 0. The fourth-order valence-electron chi connectivity index (χ4n) is 2.36. The molecule has 6 heteroatoms. The van der Waals surface area contributed by atoms with Crippen LogP contribution in [0, 0.1) is 11.8 Å². The van der Waals surface area contributed by atoms with E-state index in [1.54, 1.807) is 4.90 Å². The average Bonchev–Trinajstić information content (AvgIpc) is 3.28. The van der Waals surface area contributed by atoms with E-state index in [9.17, 15) is 14.4 Å². The van der Waals surface area contributed by atoms with Crippen LogP contribution in [0.15, 0.2) is 0 Å². The van der Waals surface area contributed by atoms with E-state index < -0.39 is 5.97 Å². The highest BCUT2D eigenvalue weighted by Crippen LogP contribution is 2.32. The second-order valence-corrected chi connectivity index (χ2v) is 5.19. The van der Waals surface area contributed by atoms with Crippen molar-refractivity contribution in [3.63, 3.8) is 0 Å². The average molecular weight is 268 g/mol. The van der Waals surface area contributed by atoms with Crippen LogP contribution in [0.4, 0.5) is 0 Å². The molecule has 2 rings (SSSR count). The number of likely N-dealkylation sites (tertiary alicyclic amines) is 1. The first-order valence-corrected chi connectivity index (χ1v) is 6.75. The van der Waals surface area contributed by atoms with E-state index in [2.05, 4.69) is 10.1 Å². The van der Waals surface area contributed by atoms with Crippen LogP contribution in [-0.4, -0.2) is 49.4 Å². The molecule has 2 amide bonds. The van der Waals surface area contributed by atoms with Gasteiger partial charge in [0.25, 0.3) is 0 Å². The molecule has 0 radical (unpaired) electrons. The Morgan fingerprint density at radius 2 is 1.95 bits per heavy atom. The highest BCUT2D eigenvalue weighted by atomic mass is 16.5. The highest BCUT2D eigenvalue weighted by molar-refractivity contribution is 5.85. The first-order chi connectivity index (χ1) is 9.11. The minimum absolute atomic E-state index is 0.109. The smallest absolute Gasteiger partial charge is 0.325 e. The lowest BCUT2D eigenvalue weighted by Gasteiger charge is -2.32. The Hall–Kier alpha value is -1.59. The van der Waals surface area contributed by atoms with E-state index in [-0.39, 0.29) is 30.2 Å². The van der Waals surface area contributed by atoms with E-state index in [4.69, 9.17) is 0 Å². The molecule has 1 atom stereocenters. The van der Waals surface area contributed by atoms with Crippen molar-refractivity contribution >= 4 is 17.8 Å². The molecule has 0 aromatic carbocycles. The number of ether oxygens (including phenoxy) is 1. The lowest BCUT2D eigenvalue weighted by Crippen LogP contribution is -2.46. The minimum atomic E-state index is -0.463. The van der Waals surface area contributed by atoms with E-state index >= 15 is 0 Å². The van der Waals surface area contributed by atoms with Gasteiger partial charge >= 0.3 is 5.97 Å². The number of nitrogens with one attached hydrogen (secondary N) is 1. The summed E-state index contributed by atoms with van der Waals surface area (Å²) in [6.45, 7) is 1.11. The first kappa shape index (κ1) is 13.8. The molecule has 1 saturated heterocycles. The molecule has 0 spiro atoms. The second-order valence-electron chi connectivity index (χ2n) is 5.19. The van der Waals surface area contributed by atoms with Crippen molar-refractivity contribution in [1.29, 1.82) is 0 Å². The molecule has 1 saturated carbocycles. The third kappa shape index (κ3) is 3.68. The molecule has 2 fully saturated rings.